The summed E-state index contributed by atoms with van der Waals surface area (Å²) in [4.78, 5) is 34.2. The third-order valence-corrected chi connectivity index (χ3v) is 5.99. The van der Waals surface area contributed by atoms with Crippen LogP contribution in [0.4, 0.5) is 5.69 Å². The van der Waals surface area contributed by atoms with Gasteiger partial charge in [-0.05, 0) is 50.1 Å². The molecule has 2 aromatic heterocycles. The van der Waals surface area contributed by atoms with E-state index in [1.165, 1.54) is 0 Å². The first-order valence-corrected chi connectivity index (χ1v) is 10.7. The first-order valence-electron chi connectivity index (χ1n) is 10.7. The van der Waals surface area contributed by atoms with Crippen LogP contribution < -0.4 is 10.9 Å². The lowest BCUT2D eigenvalue weighted by molar-refractivity contribution is -0.121. The van der Waals surface area contributed by atoms with E-state index in [0.29, 0.717) is 12.2 Å². The van der Waals surface area contributed by atoms with Crippen LogP contribution >= 0.6 is 0 Å². The average molecular weight is 420 g/mol. The Morgan fingerprint density at radius 3 is 2.65 bits per heavy atom. The van der Waals surface area contributed by atoms with Gasteiger partial charge in [0.1, 0.15) is 5.65 Å². The molecule has 4 rings (SSSR count). The Bertz CT molecular complexity index is 1150. The van der Waals surface area contributed by atoms with Gasteiger partial charge in [0.2, 0.25) is 5.91 Å². The number of aromatic nitrogens is 2. The van der Waals surface area contributed by atoms with Crippen molar-refractivity contribution in [3.63, 3.8) is 0 Å². The zero-order chi connectivity index (χ0) is 22.0. The highest BCUT2D eigenvalue weighted by Gasteiger charge is 2.26. The lowest BCUT2D eigenvalue weighted by atomic mass is 10.1. The van der Waals surface area contributed by atoms with E-state index in [0.717, 1.165) is 48.7 Å². The van der Waals surface area contributed by atoms with Crippen molar-refractivity contribution in [3.8, 4) is 0 Å². The molecule has 0 unspecified atom stereocenters. The highest BCUT2D eigenvalue weighted by Crippen LogP contribution is 2.18. The summed E-state index contributed by atoms with van der Waals surface area (Å²) in [5.41, 5.74) is 4.46. The molecule has 1 aromatic carbocycles. The number of hydrogen-bond acceptors (Lipinski definition) is 5. The number of nitrogens with one attached hydrogen (secondary N) is 1. The maximum atomic E-state index is 12.8. The molecule has 1 N–H and O–H groups in total. The van der Waals surface area contributed by atoms with Crippen LogP contribution in [-0.4, -0.2) is 57.3 Å². The number of nitrogens with zero attached hydrogens (tertiary/aromatic N) is 4. The molecule has 31 heavy (non-hydrogen) atoms. The number of benzene rings is 1. The molecule has 0 bridgehead atoms. The summed E-state index contributed by atoms with van der Waals surface area (Å²) in [7, 11) is 0. The van der Waals surface area contributed by atoms with Gasteiger partial charge in [-0.1, -0.05) is 18.2 Å². The predicted molar refractivity (Wildman–Crippen MR) is 122 cm³/mol. The molecule has 7 heteroatoms. The van der Waals surface area contributed by atoms with Crippen LogP contribution in [0.15, 0.2) is 53.5 Å². The third-order valence-electron chi connectivity index (χ3n) is 5.99. The van der Waals surface area contributed by atoms with Crippen LogP contribution in [0.3, 0.4) is 0 Å². The molecule has 3 aromatic rings. The topological polar surface area (TPSA) is 70.0 Å². The van der Waals surface area contributed by atoms with Crippen LogP contribution in [0, 0.1) is 13.8 Å². The second kappa shape index (κ2) is 8.99. The molecule has 1 atom stereocenters. The minimum Gasteiger partial charge on any atom is -0.324 e. The zero-order valence-corrected chi connectivity index (χ0v) is 18.3. The van der Waals surface area contributed by atoms with Crippen molar-refractivity contribution in [2.75, 3.05) is 31.5 Å². The lowest BCUT2D eigenvalue weighted by Gasteiger charge is -2.37. The summed E-state index contributed by atoms with van der Waals surface area (Å²) >= 11 is 0. The maximum absolute atomic E-state index is 12.8. The number of anilines is 1. The highest BCUT2D eigenvalue weighted by atomic mass is 16.2. The Hall–Kier alpha value is -3.03. The molecule has 7 nitrogen and oxygen atoms in total. The molecule has 162 valence electrons. The average Bonchev–Trinajstić information content (AvgIpc) is 2.76. The maximum Gasteiger partial charge on any atom is 0.258 e. The van der Waals surface area contributed by atoms with Crippen molar-refractivity contribution < 1.29 is 4.79 Å². The summed E-state index contributed by atoms with van der Waals surface area (Å²) in [5, 5.41) is 3.08. The fourth-order valence-electron chi connectivity index (χ4n) is 4.00. The molecule has 1 amide bonds. The number of fused-ring (bicyclic) bond motifs is 1. The van der Waals surface area contributed by atoms with Gasteiger partial charge < -0.3 is 5.32 Å². The van der Waals surface area contributed by atoms with Crippen LogP contribution in [0.5, 0.6) is 0 Å². The van der Waals surface area contributed by atoms with Gasteiger partial charge in [0, 0.05) is 50.7 Å². The number of aryl methyl sites for hydroxylation is 2. The fraction of sp³-hybridized carbons (Fsp3) is 0.375. The van der Waals surface area contributed by atoms with Crippen LogP contribution in [0.2, 0.25) is 0 Å². The van der Waals surface area contributed by atoms with Crippen molar-refractivity contribution in [1.29, 1.82) is 0 Å². The summed E-state index contributed by atoms with van der Waals surface area (Å²) in [5.74, 6) is 0.0198. The van der Waals surface area contributed by atoms with Gasteiger partial charge in [-0.2, -0.15) is 0 Å². The molecule has 1 aliphatic rings. The predicted octanol–water partition coefficient (Wildman–Crippen LogP) is 2.46. The Balaban J connectivity index is 1.34. The largest absolute Gasteiger partial charge is 0.324 e. The smallest absolute Gasteiger partial charge is 0.258 e. The van der Waals surface area contributed by atoms with Gasteiger partial charge >= 0.3 is 0 Å². The molecule has 0 saturated carbocycles. The normalized spacial score (nSPS) is 16.4. The summed E-state index contributed by atoms with van der Waals surface area (Å²) < 4.78 is 1.55. The molecule has 3 heterocycles. The number of piperazine rings is 1. The van der Waals surface area contributed by atoms with Gasteiger partial charge in [0.25, 0.3) is 5.56 Å². The second-order valence-electron chi connectivity index (χ2n) is 8.31. The van der Waals surface area contributed by atoms with Gasteiger partial charge in [-0.15, -0.1) is 0 Å². The standard InChI is InChI=1S/C24H29N5O2/c1-17-7-8-18(2)21(14-17)26-24(31)19(3)28-12-10-27(11-13-28)16-20-15-23(30)29-9-5-4-6-22(29)25-20/h4-9,14-15,19H,10-13,16H2,1-3H3,(H,26,31)/t19-/m1/s1. The zero-order valence-electron chi connectivity index (χ0n) is 18.3. The lowest BCUT2D eigenvalue weighted by Crippen LogP contribution is -2.52. The molecular formula is C24H29N5O2. The molecule has 1 fully saturated rings. The summed E-state index contributed by atoms with van der Waals surface area (Å²) in [6.07, 6.45) is 1.73. The minimum absolute atomic E-state index is 0.0198. The molecule has 1 saturated heterocycles. The number of rotatable bonds is 5. The monoisotopic (exact) mass is 419 g/mol. The number of hydrogen-bond donors (Lipinski definition) is 1. The Kier molecular flexibility index (Phi) is 6.15. The number of pyridine rings is 1. The van der Waals surface area contributed by atoms with Gasteiger partial charge in [0.15, 0.2) is 0 Å². The van der Waals surface area contributed by atoms with Crippen molar-refractivity contribution in [2.45, 2.75) is 33.4 Å². The van der Waals surface area contributed by atoms with Crippen LogP contribution in [-0.2, 0) is 11.3 Å². The number of carbonyl (C=O) groups is 1. The van der Waals surface area contributed by atoms with Crippen LogP contribution in [0.1, 0.15) is 23.7 Å². The SMILES string of the molecule is Cc1ccc(C)c(NC(=O)[C@@H](C)N2CCN(Cc3cc(=O)n4ccccc4n3)CC2)c1. The number of amides is 1. The summed E-state index contributed by atoms with van der Waals surface area (Å²) in [6.45, 7) is 9.89. The van der Waals surface area contributed by atoms with E-state index in [-0.39, 0.29) is 17.5 Å². The van der Waals surface area contributed by atoms with Crippen LogP contribution in [0.25, 0.3) is 5.65 Å². The first-order chi connectivity index (χ1) is 14.9. The molecule has 1 aliphatic heterocycles. The quantitative estimate of drug-likeness (QED) is 0.688. The van der Waals surface area contributed by atoms with Gasteiger partial charge in [-0.3, -0.25) is 23.8 Å². The summed E-state index contributed by atoms with van der Waals surface area (Å²) in [6, 6.07) is 13.1. The Morgan fingerprint density at radius 2 is 1.87 bits per heavy atom. The van der Waals surface area contributed by atoms with Crippen molar-refractivity contribution in [2.24, 2.45) is 0 Å². The number of carbonyl (C=O) groups excluding carboxylic acids is 1. The molecule has 0 radical (unpaired) electrons. The third kappa shape index (κ3) is 4.84. The van der Waals surface area contributed by atoms with Crippen molar-refractivity contribution in [1.82, 2.24) is 19.2 Å². The van der Waals surface area contributed by atoms with Gasteiger partial charge in [0.05, 0.1) is 11.7 Å². The van der Waals surface area contributed by atoms with E-state index in [9.17, 15) is 9.59 Å². The molecular weight excluding hydrogens is 390 g/mol. The van der Waals surface area contributed by atoms with E-state index in [2.05, 4.69) is 20.1 Å². The molecule has 0 spiro atoms. The van der Waals surface area contributed by atoms with E-state index in [1.807, 2.05) is 57.2 Å². The fourth-order valence-corrected chi connectivity index (χ4v) is 4.00. The Morgan fingerprint density at radius 1 is 1.10 bits per heavy atom. The van der Waals surface area contributed by atoms with E-state index < -0.39 is 0 Å². The Labute approximate surface area is 182 Å². The highest BCUT2D eigenvalue weighted by molar-refractivity contribution is 5.95. The van der Waals surface area contributed by atoms with E-state index >= 15 is 0 Å². The second-order valence-corrected chi connectivity index (χ2v) is 8.31. The minimum atomic E-state index is -0.203. The van der Waals surface area contributed by atoms with Crippen molar-refractivity contribution in [3.05, 3.63) is 75.8 Å². The first kappa shape index (κ1) is 21.2. The van der Waals surface area contributed by atoms with E-state index in [4.69, 9.17) is 0 Å². The van der Waals surface area contributed by atoms with Crippen molar-refractivity contribution >= 4 is 17.2 Å². The van der Waals surface area contributed by atoms with Gasteiger partial charge in [-0.25, -0.2) is 4.98 Å². The molecule has 0 aliphatic carbocycles. The van der Waals surface area contributed by atoms with E-state index in [1.54, 1.807) is 16.7 Å².